The Morgan fingerprint density at radius 2 is 1.96 bits per heavy atom. The molecule has 0 heterocycles. The molecule has 23 heavy (non-hydrogen) atoms. The smallest absolute Gasteiger partial charge is 0.339 e. The van der Waals surface area contributed by atoms with Crippen molar-refractivity contribution >= 4 is 35.2 Å². The van der Waals surface area contributed by atoms with E-state index in [1.165, 1.54) is 19.2 Å². The van der Waals surface area contributed by atoms with Crippen molar-refractivity contribution in [1.82, 2.24) is 10.6 Å². The standard InChI is InChI=1S/C15H20ClN3O4/c1-9(2)7-18-15(22)19-13(20)8-17-10-4-5-12(16)11(6-10)14(21)23-3/h4-6,9,17H,7-8H2,1-3H3,(H2,18,19,20,22). The largest absolute Gasteiger partial charge is 0.465 e. The molecule has 0 fully saturated rings. The lowest BCUT2D eigenvalue weighted by atomic mass is 10.2. The monoisotopic (exact) mass is 341 g/mol. The fourth-order valence-electron chi connectivity index (χ4n) is 1.60. The first-order chi connectivity index (χ1) is 10.8. The van der Waals surface area contributed by atoms with E-state index in [4.69, 9.17) is 11.6 Å². The SMILES string of the molecule is COC(=O)c1cc(NCC(=O)NC(=O)NCC(C)C)ccc1Cl. The number of urea groups is 1. The van der Waals surface area contributed by atoms with Crippen LogP contribution in [0.25, 0.3) is 0 Å². The molecular weight excluding hydrogens is 322 g/mol. The number of hydrogen-bond acceptors (Lipinski definition) is 5. The summed E-state index contributed by atoms with van der Waals surface area (Å²) in [6.07, 6.45) is 0. The highest BCUT2D eigenvalue weighted by Crippen LogP contribution is 2.21. The molecule has 0 aromatic heterocycles. The average molecular weight is 342 g/mol. The van der Waals surface area contributed by atoms with E-state index < -0.39 is 17.9 Å². The summed E-state index contributed by atoms with van der Waals surface area (Å²) in [7, 11) is 1.25. The molecule has 0 spiro atoms. The third-order valence-electron chi connectivity index (χ3n) is 2.75. The van der Waals surface area contributed by atoms with Gasteiger partial charge in [0.1, 0.15) is 0 Å². The summed E-state index contributed by atoms with van der Waals surface area (Å²) in [6, 6.07) is 4.06. The Bertz CT molecular complexity index is 590. The van der Waals surface area contributed by atoms with Gasteiger partial charge in [0.15, 0.2) is 0 Å². The molecule has 0 radical (unpaired) electrons. The Morgan fingerprint density at radius 3 is 2.57 bits per heavy atom. The molecule has 0 saturated carbocycles. The normalized spacial score (nSPS) is 10.1. The third kappa shape index (κ3) is 6.56. The number of carbonyl (C=O) groups is 3. The van der Waals surface area contributed by atoms with E-state index in [1.807, 2.05) is 13.8 Å². The van der Waals surface area contributed by atoms with Crippen molar-refractivity contribution in [2.24, 2.45) is 5.92 Å². The van der Waals surface area contributed by atoms with E-state index in [9.17, 15) is 14.4 Å². The maximum Gasteiger partial charge on any atom is 0.339 e. The second-order valence-corrected chi connectivity index (χ2v) is 5.60. The number of ether oxygens (including phenoxy) is 1. The summed E-state index contributed by atoms with van der Waals surface area (Å²) in [5, 5.41) is 7.82. The van der Waals surface area contributed by atoms with Crippen molar-refractivity contribution in [1.29, 1.82) is 0 Å². The van der Waals surface area contributed by atoms with Crippen LogP contribution in [-0.2, 0) is 9.53 Å². The summed E-state index contributed by atoms with van der Waals surface area (Å²) in [5.74, 6) is -0.781. The molecule has 0 unspecified atom stereocenters. The highest BCUT2D eigenvalue weighted by atomic mass is 35.5. The van der Waals surface area contributed by atoms with Crippen LogP contribution in [0.4, 0.5) is 10.5 Å². The van der Waals surface area contributed by atoms with Crippen molar-refractivity contribution in [3.63, 3.8) is 0 Å². The minimum Gasteiger partial charge on any atom is -0.465 e. The maximum atomic E-state index is 11.7. The zero-order chi connectivity index (χ0) is 17.4. The molecule has 7 nitrogen and oxygen atoms in total. The Kier molecular flexibility index (Phi) is 7.34. The molecule has 0 aliphatic carbocycles. The van der Waals surface area contributed by atoms with Crippen LogP contribution in [0.2, 0.25) is 5.02 Å². The van der Waals surface area contributed by atoms with Crippen molar-refractivity contribution < 1.29 is 19.1 Å². The lowest BCUT2D eigenvalue weighted by molar-refractivity contribution is -0.118. The van der Waals surface area contributed by atoms with Gasteiger partial charge in [-0.25, -0.2) is 9.59 Å². The van der Waals surface area contributed by atoms with Crippen molar-refractivity contribution in [3.8, 4) is 0 Å². The first kappa shape index (κ1) is 18.8. The number of benzene rings is 1. The minimum absolute atomic E-state index is 0.128. The van der Waals surface area contributed by atoms with Crippen molar-refractivity contribution in [2.75, 3.05) is 25.5 Å². The summed E-state index contributed by atoms with van der Waals surface area (Å²) in [4.78, 5) is 34.6. The van der Waals surface area contributed by atoms with Gasteiger partial charge in [0.25, 0.3) is 0 Å². The number of halogens is 1. The Hall–Kier alpha value is -2.28. The van der Waals surface area contributed by atoms with Gasteiger partial charge in [-0.05, 0) is 24.1 Å². The number of methoxy groups -OCH3 is 1. The van der Waals surface area contributed by atoms with Gasteiger partial charge in [-0.3, -0.25) is 10.1 Å². The second kappa shape index (κ2) is 8.99. The van der Waals surface area contributed by atoms with Crippen molar-refractivity contribution in [2.45, 2.75) is 13.8 Å². The zero-order valence-electron chi connectivity index (χ0n) is 13.2. The first-order valence-corrected chi connectivity index (χ1v) is 7.40. The van der Waals surface area contributed by atoms with Crippen LogP contribution in [-0.4, -0.2) is 38.1 Å². The molecule has 0 aliphatic heterocycles. The van der Waals surface area contributed by atoms with Gasteiger partial charge in [-0.1, -0.05) is 25.4 Å². The molecule has 0 atom stereocenters. The highest BCUT2D eigenvalue weighted by molar-refractivity contribution is 6.33. The summed E-state index contributed by atoms with van der Waals surface area (Å²) < 4.78 is 4.61. The van der Waals surface area contributed by atoms with Gasteiger partial charge in [0, 0.05) is 12.2 Å². The van der Waals surface area contributed by atoms with Crippen LogP contribution in [0, 0.1) is 5.92 Å². The third-order valence-corrected chi connectivity index (χ3v) is 3.08. The summed E-state index contributed by atoms with van der Waals surface area (Å²) >= 11 is 5.90. The van der Waals surface area contributed by atoms with Gasteiger partial charge in [0.2, 0.25) is 5.91 Å². The molecule has 1 rings (SSSR count). The lowest BCUT2D eigenvalue weighted by Crippen LogP contribution is -2.43. The number of nitrogens with one attached hydrogen (secondary N) is 3. The van der Waals surface area contributed by atoms with Crippen LogP contribution in [0.3, 0.4) is 0 Å². The fourth-order valence-corrected chi connectivity index (χ4v) is 1.79. The lowest BCUT2D eigenvalue weighted by Gasteiger charge is -2.10. The van der Waals surface area contributed by atoms with Gasteiger partial charge in [-0.15, -0.1) is 0 Å². The van der Waals surface area contributed by atoms with E-state index in [-0.39, 0.29) is 17.1 Å². The van der Waals surface area contributed by atoms with E-state index in [0.29, 0.717) is 18.2 Å². The topological polar surface area (TPSA) is 96.5 Å². The Balaban J connectivity index is 2.53. The van der Waals surface area contributed by atoms with Gasteiger partial charge in [0.05, 0.1) is 24.2 Å². The predicted molar refractivity (Wildman–Crippen MR) is 87.7 cm³/mol. The number of hydrogen-bond donors (Lipinski definition) is 3. The molecule has 0 bridgehead atoms. The summed E-state index contributed by atoms with van der Waals surface area (Å²) in [5.41, 5.74) is 0.696. The zero-order valence-corrected chi connectivity index (χ0v) is 14.0. The highest BCUT2D eigenvalue weighted by Gasteiger charge is 2.12. The number of anilines is 1. The minimum atomic E-state index is -0.573. The summed E-state index contributed by atoms with van der Waals surface area (Å²) in [6.45, 7) is 4.25. The maximum absolute atomic E-state index is 11.7. The van der Waals surface area contributed by atoms with Crippen molar-refractivity contribution in [3.05, 3.63) is 28.8 Å². The van der Waals surface area contributed by atoms with Gasteiger partial charge in [-0.2, -0.15) is 0 Å². The van der Waals surface area contributed by atoms with Crippen LogP contribution in [0.15, 0.2) is 18.2 Å². The van der Waals surface area contributed by atoms with E-state index in [0.717, 1.165) is 0 Å². The van der Waals surface area contributed by atoms with Crippen LogP contribution < -0.4 is 16.0 Å². The molecule has 8 heteroatoms. The molecular formula is C15H20ClN3O4. The van der Waals surface area contributed by atoms with Crippen LogP contribution in [0.5, 0.6) is 0 Å². The van der Waals surface area contributed by atoms with Crippen LogP contribution >= 0.6 is 11.6 Å². The van der Waals surface area contributed by atoms with E-state index in [2.05, 4.69) is 20.7 Å². The molecule has 3 N–H and O–H groups in total. The fraction of sp³-hybridized carbons (Fsp3) is 0.400. The number of amides is 3. The molecule has 1 aromatic rings. The van der Waals surface area contributed by atoms with Crippen LogP contribution in [0.1, 0.15) is 24.2 Å². The molecule has 3 amide bonds. The van der Waals surface area contributed by atoms with E-state index in [1.54, 1.807) is 6.07 Å². The quantitative estimate of drug-likeness (QED) is 0.688. The predicted octanol–water partition coefficient (Wildman–Crippen LogP) is 2.02. The van der Waals surface area contributed by atoms with Gasteiger partial charge >= 0.3 is 12.0 Å². The Morgan fingerprint density at radius 1 is 1.26 bits per heavy atom. The second-order valence-electron chi connectivity index (χ2n) is 5.19. The molecule has 0 saturated heterocycles. The molecule has 0 aliphatic rings. The number of esters is 1. The molecule has 1 aromatic carbocycles. The van der Waals surface area contributed by atoms with Gasteiger partial charge < -0.3 is 15.4 Å². The number of imide groups is 1. The average Bonchev–Trinajstić information content (AvgIpc) is 2.51. The van der Waals surface area contributed by atoms with E-state index >= 15 is 0 Å². The Labute approximate surface area is 139 Å². The first-order valence-electron chi connectivity index (χ1n) is 7.03. The number of rotatable bonds is 6. The number of carbonyl (C=O) groups excluding carboxylic acids is 3. The molecule has 126 valence electrons.